The first-order valence-corrected chi connectivity index (χ1v) is 7.16. The molecule has 5 nitrogen and oxygen atoms in total. The molecule has 2 aromatic rings. The van der Waals surface area contributed by atoms with E-state index in [1.54, 1.807) is 0 Å². The molecular formula is C14H17ClN4O. The van der Waals surface area contributed by atoms with Crippen molar-refractivity contribution in [2.24, 2.45) is 0 Å². The number of aromatic nitrogens is 2. The van der Waals surface area contributed by atoms with Gasteiger partial charge in [-0.1, -0.05) is 16.8 Å². The number of hydrogen-bond acceptors (Lipinski definition) is 5. The van der Waals surface area contributed by atoms with Crippen molar-refractivity contribution < 1.29 is 4.52 Å². The third kappa shape index (κ3) is 2.85. The molecule has 1 aromatic heterocycles. The molecule has 1 aromatic carbocycles. The molecule has 0 amide bonds. The Balaban J connectivity index is 1.77. The maximum Gasteiger partial charge on any atom is 0.257 e. The highest BCUT2D eigenvalue weighted by molar-refractivity contribution is 6.30. The lowest BCUT2D eigenvalue weighted by Gasteiger charge is -2.30. The molecular weight excluding hydrogens is 276 g/mol. The van der Waals surface area contributed by atoms with Gasteiger partial charge < -0.3 is 9.84 Å². The summed E-state index contributed by atoms with van der Waals surface area (Å²) in [6.45, 7) is 6.14. The Hall–Kier alpha value is -1.43. The molecule has 3 rings (SSSR count). The predicted octanol–water partition coefficient (Wildman–Crippen LogP) is 2.36. The SMILES string of the molecule is CC(c1noc(-c2ccc(Cl)cc2)n1)N1CCNCC1. The first kappa shape index (κ1) is 13.5. The quantitative estimate of drug-likeness (QED) is 0.941. The van der Waals surface area contributed by atoms with Gasteiger partial charge in [0.2, 0.25) is 0 Å². The standard InChI is InChI=1S/C14H17ClN4O/c1-10(19-8-6-16-7-9-19)13-17-14(20-18-13)11-2-4-12(15)5-3-11/h2-5,10,16H,6-9H2,1H3. The van der Waals surface area contributed by atoms with Crippen molar-refractivity contribution in [3.8, 4) is 11.5 Å². The normalized spacial score (nSPS) is 18.1. The van der Waals surface area contributed by atoms with E-state index in [2.05, 4.69) is 27.3 Å². The van der Waals surface area contributed by atoms with Crippen LogP contribution in [0.2, 0.25) is 5.02 Å². The first-order valence-electron chi connectivity index (χ1n) is 6.78. The fourth-order valence-electron chi connectivity index (χ4n) is 2.35. The summed E-state index contributed by atoms with van der Waals surface area (Å²) in [6, 6.07) is 7.58. The zero-order valence-corrected chi connectivity index (χ0v) is 12.1. The number of halogens is 1. The van der Waals surface area contributed by atoms with E-state index in [4.69, 9.17) is 16.1 Å². The van der Waals surface area contributed by atoms with Gasteiger partial charge in [-0.3, -0.25) is 4.90 Å². The summed E-state index contributed by atoms with van der Waals surface area (Å²) >= 11 is 5.88. The first-order chi connectivity index (χ1) is 9.74. The number of rotatable bonds is 3. The summed E-state index contributed by atoms with van der Waals surface area (Å²) in [5.41, 5.74) is 0.890. The van der Waals surface area contributed by atoms with Crippen LogP contribution in [0.5, 0.6) is 0 Å². The van der Waals surface area contributed by atoms with Crippen LogP contribution < -0.4 is 5.32 Å². The van der Waals surface area contributed by atoms with E-state index < -0.39 is 0 Å². The van der Waals surface area contributed by atoms with E-state index >= 15 is 0 Å². The molecule has 1 fully saturated rings. The maximum absolute atomic E-state index is 5.88. The van der Waals surface area contributed by atoms with Gasteiger partial charge in [-0.15, -0.1) is 0 Å². The summed E-state index contributed by atoms with van der Waals surface area (Å²) < 4.78 is 5.36. The highest BCUT2D eigenvalue weighted by Gasteiger charge is 2.22. The van der Waals surface area contributed by atoms with Crippen LogP contribution in [0.15, 0.2) is 28.8 Å². The van der Waals surface area contributed by atoms with Gasteiger partial charge in [0.05, 0.1) is 6.04 Å². The third-order valence-corrected chi connectivity index (χ3v) is 3.86. The minimum Gasteiger partial charge on any atom is -0.334 e. The highest BCUT2D eigenvalue weighted by atomic mass is 35.5. The average molecular weight is 293 g/mol. The summed E-state index contributed by atoms with van der Waals surface area (Å²) in [4.78, 5) is 6.86. The van der Waals surface area contributed by atoms with Crippen LogP contribution in [0, 0.1) is 0 Å². The van der Waals surface area contributed by atoms with E-state index in [0.29, 0.717) is 10.9 Å². The lowest BCUT2D eigenvalue weighted by Crippen LogP contribution is -2.44. The lowest BCUT2D eigenvalue weighted by atomic mass is 10.2. The van der Waals surface area contributed by atoms with E-state index in [1.807, 2.05) is 24.3 Å². The van der Waals surface area contributed by atoms with Crippen LogP contribution in [0.1, 0.15) is 18.8 Å². The molecule has 0 bridgehead atoms. The van der Waals surface area contributed by atoms with Crippen LogP contribution in [0.25, 0.3) is 11.5 Å². The molecule has 0 radical (unpaired) electrons. The van der Waals surface area contributed by atoms with Gasteiger partial charge in [0.1, 0.15) is 0 Å². The molecule has 1 aliphatic rings. The average Bonchev–Trinajstić information content (AvgIpc) is 2.98. The lowest BCUT2D eigenvalue weighted by molar-refractivity contribution is 0.176. The third-order valence-electron chi connectivity index (χ3n) is 3.61. The largest absolute Gasteiger partial charge is 0.334 e. The fourth-order valence-corrected chi connectivity index (χ4v) is 2.47. The van der Waals surface area contributed by atoms with E-state index in [9.17, 15) is 0 Å². The Morgan fingerprint density at radius 3 is 2.65 bits per heavy atom. The number of hydrogen-bond donors (Lipinski definition) is 1. The summed E-state index contributed by atoms with van der Waals surface area (Å²) in [5.74, 6) is 1.27. The van der Waals surface area contributed by atoms with Gasteiger partial charge >= 0.3 is 0 Å². The molecule has 106 valence electrons. The number of nitrogens with one attached hydrogen (secondary N) is 1. The van der Waals surface area contributed by atoms with Gasteiger partial charge in [-0.05, 0) is 31.2 Å². The van der Waals surface area contributed by atoms with Crippen molar-refractivity contribution in [1.29, 1.82) is 0 Å². The van der Waals surface area contributed by atoms with E-state index in [1.165, 1.54) is 0 Å². The molecule has 0 aliphatic carbocycles. The van der Waals surface area contributed by atoms with Crippen LogP contribution in [0.4, 0.5) is 0 Å². The molecule has 2 heterocycles. The summed E-state index contributed by atoms with van der Waals surface area (Å²) in [7, 11) is 0. The molecule has 0 saturated carbocycles. The molecule has 1 atom stereocenters. The maximum atomic E-state index is 5.88. The Bertz CT molecular complexity index is 563. The molecule has 1 N–H and O–H groups in total. The second kappa shape index (κ2) is 5.91. The van der Waals surface area contributed by atoms with Crippen molar-refractivity contribution in [2.75, 3.05) is 26.2 Å². The van der Waals surface area contributed by atoms with Crippen molar-refractivity contribution in [3.63, 3.8) is 0 Å². The highest BCUT2D eigenvalue weighted by Crippen LogP contribution is 2.23. The summed E-state index contributed by atoms with van der Waals surface area (Å²) in [5, 5.41) is 8.14. The molecule has 1 saturated heterocycles. The molecule has 0 spiro atoms. The number of piperazine rings is 1. The molecule has 1 aliphatic heterocycles. The minimum atomic E-state index is 0.168. The van der Waals surface area contributed by atoms with E-state index in [-0.39, 0.29) is 6.04 Å². The fraction of sp³-hybridized carbons (Fsp3) is 0.429. The Labute approximate surface area is 122 Å². The van der Waals surface area contributed by atoms with Crippen molar-refractivity contribution in [2.45, 2.75) is 13.0 Å². The van der Waals surface area contributed by atoms with Gasteiger partial charge in [-0.25, -0.2) is 0 Å². The molecule has 20 heavy (non-hydrogen) atoms. The van der Waals surface area contributed by atoms with E-state index in [0.717, 1.165) is 37.6 Å². The monoisotopic (exact) mass is 292 g/mol. The second-order valence-corrected chi connectivity index (χ2v) is 5.36. The van der Waals surface area contributed by atoms with Gasteiger partial charge in [0.25, 0.3) is 5.89 Å². The van der Waals surface area contributed by atoms with Crippen molar-refractivity contribution >= 4 is 11.6 Å². The Morgan fingerprint density at radius 1 is 1.25 bits per heavy atom. The Morgan fingerprint density at radius 2 is 1.95 bits per heavy atom. The van der Waals surface area contributed by atoms with Crippen LogP contribution in [-0.2, 0) is 0 Å². The Kier molecular flexibility index (Phi) is 4.00. The van der Waals surface area contributed by atoms with Crippen LogP contribution >= 0.6 is 11.6 Å². The van der Waals surface area contributed by atoms with Crippen LogP contribution in [0.3, 0.4) is 0 Å². The second-order valence-electron chi connectivity index (χ2n) is 4.93. The van der Waals surface area contributed by atoms with Gasteiger partial charge in [0, 0.05) is 36.8 Å². The molecule has 1 unspecified atom stereocenters. The van der Waals surface area contributed by atoms with Gasteiger partial charge in [-0.2, -0.15) is 4.98 Å². The van der Waals surface area contributed by atoms with Crippen molar-refractivity contribution in [1.82, 2.24) is 20.4 Å². The predicted molar refractivity (Wildman–Crippen MR) is 77.6 cm³/mol. The smallest absolute Gasteiger partial charge is 0.257 e. The summed E-state index contributed by atoms with van der Waals surface area (Å²) in [6.07, 6.45) is 0. The zero-order chi connectivity index (χ0) is 13.9. The topological polar surface area (TPSA) is 54.2 Å². The number of benzene rings is 1. The minimum absolute atomic E-state index is 0.168. The molecule has 6 heteroatoms. The van der Waals surface area contributed by atoms with Gasteiger partial charge in [0.15, 0.2) is 5.82 Å². The van der Waals surface area contributed by atoms with Crippen molar-refractivity contribution in [3.05, 3.63) is 35.1 Å². The zero-order valence-electron chi connectivity index (χ0n) is 11.3. The number of nitrogens with zero attached hydrogens (tertiary/aromatic N) is 3. The van der Waals surface area contributed by atoms with Crippen LogP contribution in [-0.4, -0.2) is 41.2 Å².